The number of rotatable bonds is 3. The first kappa shape index (κ1) is 17.0. The Bertz CT molecular complexity index is 900. The van der Waals surface area contributed by atoms with Gasteiger partial charge in [0.1, 0.15) is 23.0 Å². The number of hydrogen-bond donors (Lipinski definition) is 1. The van der Waals surface area contributed by atoms with Crippen LogP contribution in [0.15, 0.2) is 42.5 Å². The second-order valence-electron chi connectivity index (χ2n) is 5.13. The minimum atomic E-state index is -4.67. The molecule has 0 bridgehead atoms. The van der Waals surface area contributed by atoms with Crippen LogP contribution in [0.2, 0.25) is 0 Å². The van der Waals surface area contributed by atoms with Gasteiger partial charge < -0.3 is 5.11 Å². The molecule has 130 valence electrons. The summed E-state index contributed by atoms with van der Waals surface area (Å²) in [7, 11) is 0. The third kappa shape index (κ3) is 3.22. The molecule has 0 radical (unpaired) electrons. The van der Waals surface area contributed by atoms with E-state index in [2.05, 4.69) is 10.3 Å². The number of halogens is 5. The van der Waals surface area contributed by atoms with Crippen LogP contribution >= 0.6 is 0 Å². The zero-order chi connectivity index (χ0) is 18.2. The number of aliphatic hydroxyl groups excluding tert-OH is 1. The molecule has 0 saturated carbocycles. The van der Waals surface area contributed by atoms with E-state index in [9.17, 15) is 27.1 Å². The summed E-state index contributed by atoms with van der Waals surface area (Å²) in [4.78, 5) is 0. The van der Waals surface area contributed by atoms with E-state index in [4.69, 9.17) is 0 Å². The maximum Gasteiger partial charge on any atom is 0.418 e. The Morgan fingerprint density at radius 2 is 1.64 bits per heavy atom. The first-order valence-corrected chi connectivity index (χ1v) is 6.99. The molecule has 25 heavy (non-hydrogen) atoms. The van der Waals surface area contributed by atoms with Crippen LogP contribution in [0.3, 0.4) is 0 Å². The van der Waals surface area contributed by atoms with Gasteiger partial charge in [-0.05, 0) is 24.3 Å². The molecule has 0 amide bonds. The molecule has 0 aliphatic rings. The SMILES string of the molecule is OCc1nnn(-c2ccccc2C(F)(F)F)c1-c1cc(F)cc(F)c1. The minimum absolute atomic E-state index is 0.0940. The predicted octanol–water partition coefficient (Wildman–Crippen LogP) is 3.72. The van der Waals surface area contributed by atoms with Gasteiger partial charge in [-0.1, -0.05) is 17.3 Å². The first-order valence-electron chi connectivity index (χ1n) is 6.99. The van der Waals surface area contributed by atoms with E-state index in [1.807, 2.05) is 0 Å². The zero-order valence-electron chi connectivity index (χ0n) is 12.4. The summed E-state index contributed by atoms with van der Waals surface area (Å²) >= 11 is 0. The summed E-state index contributed by atoms with van der Waals surface area (Å²) in [5.41, 5.74) is -1.70. The molecule has 0 aliphatic carbocycles. The Hall–Kier alpha value is -2.81. The van der Waals surface area contributed by atoms with Gasteiger partial charge in [0.15, 0.2) is 0 Å². The van der Waals surface area contributed by atoms with Crippen LogP contribution < -0.4 is 0 Å². The lowest BCUT2D eigenvalue weighted by molar-refractivity contribution is -0.137. The Balaban J connectivity index is 2.29. The molecule has 3 rings (SSSR count). The normalized spacial score (nSPS) is 11.8. The molecule has 9 heteroatoms. The Morgan fingerprint density at radius 3 is 2.24 bits per heavy atom. The molecule has 1 N–H and O–H groups in total. The van der Waals surface area contributed by atoms with E-state index in [0.29, 0.717) is 6.07 Å². The molecule has 4 nitrogen and oxygen atoms in total. The van der Waals surface area contributed by atoms with E-state index in [0.717, 1.165) is 28.9 Å². The highest BCUT2D eigenvalue weighted by molar-refractivity contribution is 5.65. The number of benzene rings is 2. The average molecular weight is 355 g/mol. The highest BCUT2D eigenvalue weighted by atomic mass is 19.4. The average Bonchev–Trinajstić information content (AvgIpc) is 2.97. The zero-order valence-corrected chi connectivity index (χ0v) is 12.4. The fraction of sp³-hybridized carbons (Fsp3) is 0.125. The van der Waals surface area contributed by atoms with Gasteiger partial charge in [-0.3, -0.25) is 0 Å². The van der Waals surface area contributed by atoms with E-state index in [-0.39, 0.29) is 22.6 Å². The Morgan fingerprint density at radius 1 is 1.00 bits per heavy atom. The number of alkyl halides is 3. The molecule has 3 aromatic rings. The lowest BCUT2D eigenvalue weighted by Crippen LogP contribution is -2.12. The third-order valence-electron chi connectivity index (χ3n) is 3.46. The van der Waals surface area contributed by atoms with Crippen molar-refractivity contribution in [1.82, 2.24) is 15.0 Å². The van der Waals surface area contributed by atoms with Gasteiger partial charge >= 0.3 is 6.18 Å². The number of aliphatic hydroxyl groups is 1. The second kappa shape index (κ2) is 6.25. The van der Waals surface area contributed by atoms with E-state index < -0.39 is 30.0 Å². The lowest BCUT2D eigenvalue weighted by atomic mass is 10.1. The van der Waals surface area contributed by atoms with E-state index >= 15 is 0 Å². The van der Waals surface area contributed by atoms with Crippen LogP contribution in [-0.4, -0.2) is 20.1 Å². The van der Waals surface area contributed by atoms with Crippen molar-refractivity contribution in [2.45, 2.75) is 12.8 Å². The highest BCUT2D eigenvalue weighted by Crippen LogP contribution is 2.36. The van der Waals surface area contributed by atoms with Crippen LogP contribution in [0, 0.1) is 11.6 Å². The maximum absolute atomic E-state index is 13.5. The summed E-state index contributed by atoms with van der Waals surface area (Å²) in [5.74, 6) is -1.84. The van der Waals surface area contributed by atoms with Crippen LogP contribution in [0.5, 0.6) is 0 Å². The molecule has 0 saturated heterocycles. The molecule has 0 unspecified atom stereocenters. The van der Waals surface area contributed by atoms with Crippen molar-refractivity contribution in [2.24, 2.45) is 0 Å². The summed E-state index contributed by atoms with van der Waals surface area (Å²) in [6.07, 6.45) is -4.67. The quantitative estimate of drug-likeness (QED) is 0.729. The van der Waals surface area contributed by atoms with Crippen molar-refractivity contribution in [2.75, 3.05) is 0 Å². The highest BCUT2D eigenvalue weighted by Gasteiger charge is 2.35. The number of para-hydroxylation sites is 1. The van der Waals surface area contributed by atoms with Gasteiger partial charge in [-0.25, -0.2) is 13.5 Å². The summed E-state index contributed by atoms with van der Waals surface area (Å²) in [6, 6.07) is 7.04. The van der Waals surface area contributed by atoms with Crippen LogP contribution in [0.1, 0.15) is 11.3 Å². The standard InChI is InChI=1S/C16H10F5N3O/c17-10-5-9(6-11(18)7-10)15-13(8-25)22-23-24(15)14-4-2-1-3-12(14)16(19,20)21/h1-7,25H,8H2. The minimum Gasteiger partial charge on any atom is -0.390 e. The smallest absolute Gasteiger partial charge is 0.390 e. The van der Waals surface area contributed by atoms with Crippen molar-refractivity contribution in [3.63, 3.8) is 0 Å². The van der Waals surface area contributed by atoms with E-state index in [1.165, 1.54) is 12.1 Å². The van der Waals surface area contributed by atoms with Gasteiger partial charge in [0, 0.05) is 11.6 Å². The van der Waals surface area contributed by atoms with Gasteiger partial charge in [-0.2, -0.15) is 13.2 Å². The predicted molar refractivity (Wildman–Crippen MR) is 77.6 cm³/mol. The molecule has 2 aromatic carbocycles. The number of hydrogen-bond acceptors (Lipinski definition) is 3. The van der Waals surface area contributed by atoms with Gasteiger partial charge in [-0.15, -0.1) is 5.10 Å². The molecular weight excluding hydrogens is 345 g/mol. The molecular formula is C16H10F5N3O. The van der Waals surface area contributed by atoms with Crippen LogP contribution in [-0.2, 0) is 12.8 Å². The van der Waals surface area contributed by atoms with Crippen molar-refractivity contribution in [3.05, 3.63) is 65.4 Å². The number of aromatic nitrogens is 3. The monoisotopic (exact) mass is 355 g/mol. The molecule has 1 heterocycles. The Kier molecular flexibility index (Phi) is 4.25. The maximum atomic E-state index is 13.5. The van der Waals surface area contributed by atoms with Crippen molar-refractivity contribution in [1.29, 1.82) is 0 Å². The van der Waals surface area contributed by atoms with Crippen molar-refractivity contribution < 1.29 is 27.1 Å². The second-order valence-corrected chi connectivity index (χ2v) is 5.13. The molecule has 1 aromatic heterocycles. The topological polar surface area (TPSA) is 50.9 Å². The van der Waals surface area contributed by atoms with E-state index in [1.54, 1.807) is 0 Å². The summed E-state index contributed by atoms with van der Waals surface area (Å²) in [5, 5.41) is 16.6. The summed E-state index contributed by atoms with van der Waals surface area (Å²) in [6.45, 7) is -0.665. The fourth-order valence-electron chi connectivity index (χ4n) is 2.47. The van der Waals surface area contributed by atoms with Crippen molar-refractivity contribution in [3.8, 4) is 16.9 Å². The molecule has 0 atom stereocenters. The Labute approximate surface area is 138 Å². The molecule has 0 spiro atoms. The third-order valence-corrected chi connectivity index (χ3v) is 3.46. The van der Waals surface area contributed by atoms with Gasteiger partial charge in [0.05, 0.1) is 17.9 Å². The molecule has 0 fully saturated rings. The van der Waals surface area contributed by atoms with Crippen LogP contribution in [0.25, 0.3) is 16.9 Å². The van der Waals surface area contributed by atoms with Crippen molar-refractivity contribution >= 4 is 0 Å². The van der Waals surface area contributed by atoms with Gasteiger partial charge in [0.2, 0.25) is 0 Å². The first-order chi connectivity index (χ1) is 11.8. The molecule has 0 aliphatic heterocycles. The summed E-state index contributed by atoms with van der Waals surface area (Å²) < 4.78 is 67.6. The van der Waals surface area contributed by atoms with Crippen LogP contribution in [0.4, 0.5) is 22.0 Å². The number of nitrogens with zero attached hydrogens (tertiary/aromatic N) is 3. The van der Waals surface area contributed by atoms with Gasteiger partial charge in [0.25, 0.3) is 0 Å². The lowest BCUT2D eigenvalue weighted by Gasteiger charge is -2.14. The fourth-order valence-corrected chi connectivity index (χ4v) is 2.47. The largest absolute Gasteiger partial charge is 0.418 e.